The molecule has 0 spiro atoms. The molecule has 0 amide bonds. The third kappa shape index (κ3) is 4.28. The van der Waals surface area contributed by atoms with Crippen LogP contribution in [-0.4, -0.2) is 34.7 Å². The van der Waals surface area contributed by atoms with E-state index in [-0.39, 0.29) is 11.5 Å². The Morgan fingerprint density at radius 1 is 1.36 bits per heavy atom. The number of hydrogen-bond acceptors (Lipinski definition) is 5. The summed E-state index contributed by atoms with van der Waals surface area (Å²) in [6.07, 6.45) is 5.10. The standard InChI is InChI=1S/C17H27NO3S/c1-3-6-14(18-21-4-2)17-15(19)9-13(10-16(17)20)12-7-5-8-22-11-12/h12-13,19H,3-11H2,1-2H3/t12-,13+/m0/s1. The van der Waals surface area contributed by atoms with Gasteiger partial charge < -0.3 is 9.94 Å². The molecule has 22 heavy (non-hydrogen) atoms. The second-order valence-electron chi connectivity index (χ2n) is 6.10. The first-order valence-electron chi connectivity index (χ1n) is 8.39. The van der Waals surface area contributed by atoms with Gasteiger partial charge in [-0.15, -0.1) is 0 Å². The molecule has 0 aromatic carbocycles. The van der Waals surface area contributed by atoms with Crippen molar-refractivity contribution in [2.24, 2.45) is 17.0 Å². The van der Waals surface area contributed by atoms with Crippen molar-refractivity contribution in [3.05, 3.63) is 11.3 Å². The Morgan fingerprint density at radius 2 is 2.18 bits per heavy atom. The predicted molar refractivity (Wildman–Crippen MR) is 91.4 cm³/mol. The van der Waals surface area contributed by atoms with Gasteiger partial charge in [-0.2, -0.15) is 11.8 Å². The number of allylic oxidation sites excluding steroid dienone is 2. The third-order valence-corrected chi connectivity index (χ3v) is 5.65. The van der Waals surface area contributed by atoms with E-state index in [4.69, 9.17) is 4.84 Å². The summed E-state index contributed by atoms with van der Waals surface area (Å²) in [6.45, 7) is 4.37. The minimum atomic E-state index is 0.0382. The normalized spacial score (nSPS) is 27.2. The van der Waals surface area contributed by atoms with Crippen LogP contribution >= 0.6 is 11.8 Å². The smallest absolute Gasteiger partial charge is 0.168 e. The van der Waals surface area contributed by atoms with Crippen LogP contribution in [0, 0.1) is 11.8 Å². The van der Waals surface area contributed by atoms with Crippen molar-refractivity contribution in [1.82, 2.24) is 0 Å². The van der Waals surface area contributed by atoms with Crippen LogP contribution in [0.2, 0.25) is 0 Å². The number of nitrogens with zero attached hydrogens (tertiary/aromatic N) is 1. The number of Topliss-reactive ketones (excluding diaryl/α,β-unsaturated/α-hetero) is 1. The fourth-order valence-corrected chi connectivity index (χ4v) is 4.60. The molecule has 0 bridgehead atoms. The van der Waals surface area contributed by atoms with Gasteiger partial charge in [0.05, 0.1) is 11.3 Å². The average molecular weight is 325 g/mol. The van der Waals surface area contributed by atoms with Crippen LogP contribution in [0.1, 0.15) is 52.4 Å². The molecular formula is C17H27NO3S. The van der Waals surface area contributed by atoms with Crippen LogP contribution in [0.15, 0.2) is 16.5 Å². The van der Waals surface area contributed by atoms with Gasteiger partial charge in [0, 0.05) is 12.8 Å². The lowest BCUT2D eigenvalue weighted by atomic mass is 9.76. The lowest BCUT2D eigenvalue weighted by Crippen LogP contribution is -2.30. The summed E-state index contributed by atoms with van der Waals surface area (Å²) in [6, 6.07) is 0. The Kier molecular flexibility index (Phi) is 6.80. The van der Waals surface area contributed by atoms with Gasteiger partial charge in [0.15, 0.2) is 5.78 Å². The Hall–Kier alpha value is -0.970. The molecule has 4 nitrogen and oxygen atoms in total. The monoisotopic (exact) mass is 325 g/mol. The summed E-state index contributed by atoms with van der Waals surface area (Å²) < 4.78 is 0. The number of ketones is 1. The second kappa shape index (κ2) is 8.61. The van der Waals surface area contributed by atoms with Gasteiger partial charge in [0.1, 0.15) is 12.4 Å². The highest BCUT2D eigenvalue weighted by molar-refractivity contribution is 7.99. The molecule has 0 aromatic rings. The minimum Gasteiger partial charge on any atom is -0.511 e. The first-order chi connectivity index (χ1) is 10.7. The molecule has 5 heteroatoms. The molecule has 1 N–H and O–H groups in total. The average Bonchev–Trinajstić information content (AvgIpc) is 2.52. The summed E-state index contributed by atoms with van der Waals surface area (Å²) in [5.41, 5.74) is 1.04. The maximum Gasteiger partial charge on any atom is 0.168 e. The number of aliphatic hydroxyl groups is 1. The van der Waals surface area contributed by atoms with Crippen LogP contribution in [-0.2, 0) is 9.63 Å². The van der Waals surface area contributed by atoms with Gasteiger partial charge in [-0.3, -0.25) is 4.79 Å². The lowest BCUT2D eigenvalue weighted by molar-refractivity contribution is -0.117. The Bertz CT molecular complexity index is 453. The van der Waals surface area contributed by atoms with Crippen molar-refractivity contribution in [1.29, 1.82) is 0 Å². The molecule has 0 aromatic heterocycles. The van der Waals surface area contributed by atoms with E-state index < -0.39 is 0 Å². The summed E-state index contributed by atoms with van der Waals surface area (Å²) in [5.74, 6) is 3.46. The molecule has 0 unspecified atom stereocenters. The quantitative estimate of drug-likeness (QED) is 0.589. The van der Waals surface area contributed by atoms with E-state index in [0.29, 0.717) is 49.0 Å². The van der Waals surface area contributed by atoms with Gasteiger partial charge in [-0.25, -0.2) is 0 Å². The Balaban J connectivity index is 2.15. The summed E-state index contributed by atoms with van der Waals surface area (Å²) in [7, 11) is 0. The van der Waals surface area contributed by atoms with E-state index in [1.165, 1.54) is 18.6 Å². The molecule has 2 atom stereocenters. The molecule has 1 aliphatic heterocycles. The topological polar surface area (TPSA) is 58.9 Å². The molecular weight excluding hydrogens is 298 g/mol. The molecule has 1 aliphatic carbocycles. The predicted octanol–water partition coefficient (Wildman–Crippen LogP) is 4.11. The number of oxime groups is 1. The highest BCUT2D eigenvalue weighted by Gasteiger charge is 2.35. The molecule has 0 saturated carbocycles. The van der Waals surface area contributed by atoms with E-state index in [9.17, 15) is 9.90 Å². The SMILES string of the molecule is CCCC(=NOCC)C1=C(O)C[C@@H]([C@H]2CCCSC2)CC1=O. The van der Waals surface area contributed by atoms with E-state index in [2.05, 4.69) is 5.16 Å². The first kappa shape index (κ1) is 17.4. The highest BCUT2D eigenvalue weighted by atomic mass is 32.2. The van der Waals surface area contributed by atoms with Gasteiger partial charge in [0.25, 0.3) is 0 Å². The van der Waals surface area contributed by atoms with Crippen molar-refractivity contribution in [2.75, 3.05) is 18.1 Å². The number of carbonyl (C=O) groups is 1. The van der Waals surface area contributed by atoms with Crippen LogP contribution in [0.25, 0.3) is 0 Å². The van der Waals surface area contributed by atoms with Crippen molar-refractivity contribution < 1.29 is 14.7 Å². The zero-order chi connectivity index (χ0) is 15.9. The van der Waals surface area contributed by atoms with Gasteiger partial charge in [-0.05, 0) is 49.5 Å². The first-order valence-corrected chi connectivity index (χ1v) is 9.55. The molecule has 0 radical (unpaired) electrons. The largest absolute Gasteiger partial charge is 0.511 e. The van der Waals surface area contributed by atoms with Gasteiger partial charge >= 0.3 is 0 Å². The Morgan fingerprint density at radius 3 is 2.77 bits per heavy atom. The summed E-state index contributed by atoms with van der Waals surface area (Å²) >= 11 is 1.97. The van der Waals surface area contributed by atoms with E-state index in [1.54, 1.807) is 0 Å². The Labute approximate surface area is 137 Å². The van der Waals surface area contributed by atoms with E-state index in [1.807, 2.05) is 25.6 Å². The zero-order valence-corrected chi connectivity index (χ0v) is 14.5. The summed E-state index contributed by atoms with van der Waals surface area (Å²) in [4.78, 5) is 17.7. The minimum absolute atomic E-state index is 0.0382. The van der Waals surface area contributed by atoms with E-state index in [0.717, 1.165) is 12.2 Å². The molecule has 124 valence electrons. The molecule has 2 rings (SSSR count). The maximum absolute atomic E-state index is 12.6. The molecule has 1 fully saturated rings. The second-order valence-corrected chi connectivity index (χ2v) is 7.25. The third-order valence-electron chi connectivity index (χ3n) is 4.41. The van der Waals surface area contributed by atoms with Crippen molar-refractivity contribution in [2.45, 2.75) is 52.4 Å². The number of rotatable bonds is 6. The van der Waals surface area contributed by atoms with Crippen LogP contribution in [0.5, 0.6) is 0 Å². The number of hydrogen-bond donors (Lipinski definition) is 1. The maximum atomic E-state index is 12.6. The van der Waals surface area contributed by atoms with E-state index >= 15 is 0 Å². The zero-order valence-electron chi connectivity index (χ0n) is 13.6. The molecule has 1 saturated heterocycles. The van der Waals surface area contributed by atoms with Crippen LogP contribution < -0.4 is 0 Å². The van der Waals surface area contributed by atoms with Crippen molar-refractivity contribution in [3.8, 4) is 0 Å². The number of thioether (sulfide) groups is 1. The van der Waals surface area contributed by atoms with Crippen molar-refractivity contribution in [3.63, 3.8) is 0 Å². The number of carbonyl (C=O) groups excluding carboxylic acids is 1. The van der Waals surface area contributed by atoms with Crippen LogP contribution in [0.3, 0.4) is 0 Å². The fourth-order valence-electron chi connectivity index (χ4n) is 3.32. The van der Waals surface area contributed by atoms with Crippen LogP contribution in [0.4, 0.5) is 0 Å². The summed E-state index contributed by atoms with van der Waals surface area (Å²) in [5, 5.41) is 14.5. The van der Waals surface area contributed by atoms with Gasteiger partial charge in [-0.1, -0.05) is 18.5 Å². The number of aliphatic hydroxyl groups excluding tert-OH is 1. The fraction of sp³-hybridized carbons (Fsp3) is 0.765. The van der Waals surface area contributed by atoms with Gasteiger partial charge in [0.2, 0.25) is 0 Å². The highest BCUT2D eigenvalue weighted by Crippen LogP contribution is 2.38. The lowest BCUT2D eigenvalue weighted by Gasteiger charge is -2.32. The van der Waals surface area contributed by atoms with Crippen molar-refractivity contribution >= 4 is 23.3 Å². The molecule has 1 heterocycles. The molecule has 2 aliphatic rings.